The third-order valence-corrected chi connectivity index (χ3v) is 2.90. The molecule has 82 valence electrons. The summed E-state index contributed by atoms with van der Waals surface area (Å²) in [5.41, 5.74) is 0. The summed E-state index contributed by atoms with van der Waals surface area (Å²) >= 11 is 0. The average molecular weight is 198 g/mol. The molecule has 1 fully saturated rings. The summed E-state index contributed by atoms with van der Waals surface area (Å²) in [7, 11) is 1.89. The summed E-state index contributed by atoms with van der Waals surface area (Å²) in [4.78, 5) is 13.9. The van der Waals surface area contributed by atoms with Gasteiger partial charge in [-0.2, -0.15) is 0 Å². The van der Waals surface area contributed by atoms with E-state index < -0.39 is 0 Å². The van der Waals surface area contributed by atoms with Crippen LogP contribution in [0.4, 0.5) is 0 Å². The van der Waals surface area contributed by atoms with Crippen LogP contribution in [0.15, 0.2) is 0 Å². The van der Waals surface area contributed by atoms with Gasteiger partial charge in [0.15, 0.2) is 0 Å². The monoisotopic (exact) mass is 198 g/mol. The third kappa shape index (κ3) is 2.98. The Morgan fingerprint density at radius 3 is 2.93 bits per heavy atom. The van der Waals surface area contributed by atoms with Gasteiger partial charge in [0.1, 0.15) is 0 Å². The number of carbonyl (C=O) groups excluding carboxylic acids is 1. The van der Waals surface area contributed by atoms with Crippen molar-refractivity contribution < 1.29 is 4.79 Å². The van der Waals surface area contributed by atoms with E-state index in [1.54, 1.807) is 0 Å². The topological polar surface area (TPSA) is 32.3 Å². The third-order valence-electron chi connectivity index (χ3n) is 2.90. The minimum absolute atomic E-state index is 0.116. The highest BCUT2D eigenvalue weighted by Gasteiger charge is 2.24. The summed E-state index contributed by atoms with van der Waals surface area (Å²) in [5, 5.41) is 3.05. The molecule has 2 unspecified atom stereocenters. The van der Waals surface area contributed by atoms with Crippen molar-refractivity contribution in [2.45, 2.75) is 26.7 Å². The summed E-state index contributed by atoms with van der Waals surface area (Å²) in [6.07, 6.45) is 2.43. The average Bonchev–Trinajstić information content (AvgIpc) is 2.17. The van der Waals surface area contributed by atoms with Crippen molar-refractivity contribution in [1.29, 1.82) is 0 Å². The van der Waals surface area contributed by atoms with Gasteiger partial charge >= 0.3 is 0 Å². The number of piperidine rings is 1. The van der Waals surface area contributed by atoms with E-state index in [0.717, 1.165) is 19.6 Å². The first-order chi connectivity index (χ1) is 6.65. The zero-order valence-electron chi connectivity index (χ0n) is 9.55. The fourth-order valence-corrected chi connectivity index (χ4v) is 2.09. The molecule has 0 aromatic rings. The molecule has 3 heteroatoms. The van der Waals surface area contributed by atoms with E-state index in [1.807, 2.05) is 18.9 Å². The van der Waals surface area contributed by atoms with Crippen LogP contribution in [-0.4, -0.2) is 37.5 Å². The van der Waals surface area contributed by atoms with E-state index in [-0.39, 0.29) is 5.92 Å². The Bertz CT molecular complexity index is 194. The van der Waals surface area contributed by atoms with Crippen molar-refractivity contribution in [3.05, 3.63) is 0 Å². The summed E-state index contributed by atoms with van der Waals surface area (Å²) in [6.45, 7) is 6.91. The van der Waals surface area contributed by atoms with E-state index >= 15 is 0 Å². The maximum absolute atomic E-state index is 11.9. The number of hydrogen-bond acceptors (Lipinski definition) is 2. The van der Waals surface area contributed by atoms with Crippen LogP contribution in [0.25, 0.3) is 0 Å². The quantitative estimate of drug-likeness (QED) is 0.736. The van der Waals surface area contributed by atoms with Crippen LogP contribution in [0.5, 0.6) is 0 Å². The Hall–Kier alpha value is -0.570. The lowest BCUT2D eigenvalue weighted by atomic mass is 9.99. The minimum atomic E-state index is 0.116. The summed E-state index contributed by atoms with van der Waals surface area (Å²) in [6, 6.07) is 0. The van der Waals surface area contributed by atoms with Crippen molar-refractivity contribution in [2.75, 3.05) is 26.7 Å². The van der Waals surface area contributed by atoms with Crippen LogP contribution < -0.4 is 5.32 Å². The standard InChI is InChI=1S/C11H22N2O/c1-9-5-4-6-13(8-9)11(14)10(2)7-12-3/h9-10,12H,4-8H2,1-3H3. The molecule has 3 nitrogen and oxygen atoms in total. The van der Waals surface area contributed by atoms with Gasteiger partial charge in [0.25, 0.3) is 0 Å². The molecule has 1 saturated heterocycles. The number of likely N-dealkylation sites (tertiary alicyclic amines) is 1. The lowest BCUT2D eigenvalue weighted by molar-refractivity contribution is -0.136. The molecule has 0 radical (unpaired) electrons. The first-order valence-electron chi connectivity index (χ1n) is 5.58. The minimum Gasteiger partial charge on any atom is -0.342 e. The predicted octanol–water partition coefficient (Wildman–Crippen LogP) is 1.10. The molecule has 0 spiro atoms. The van der Waals surface area contributed by atoms with Gasteiger partial charge < -0.3 is 10.2 Å². The summed E-state index contributed by atoms with van der Waals surface area (Å²) < 4.78 is 0. The summed E-state index contributed by atoms with van der Waals surface area (Å²) in [5.74, 6) is 1.10. The highest BCUT2D eigenvalue weighted by atomic mass is 16.2. The molecule has 0 aromatic heterocycles. The van der Waals surface area contributed by atoms with Crippen molar-refractivity contribution in [2.24, 2.45) is 11.8 Å². The van der Waals surface area contributed by atoms with Crippen LogP contribution in [-0.2, 0) is 4.79 Å². The fraction of sp³-hybridized carbons (Fsp3) is 0.909. The zero-order chi connectivity index (χ0) is 10.6. The second-order valence-electron chi connectivity index (χ2n) is 4.49. The van der Waals surface area contributed by atoms with Crippen molar-refractivity contribution in [1.82, 2.24) is 10.2 Å². The van der Waals surface area contributed by atoms with E-state index in [9.17, 15) is 4.79 Å². The second kappa shape index (κ2) is 5.35. The van der Waals surface area contributed by atoms with Crippen LogP contribution >= 0.6 is 0 Å². The molecular weight excluding hydrogens is 176 g/mol. The zero-order valence-corrected chi connectivity index (χ0v) is 9.55. The predicted molar refractivity (Wildman–Crippen MR) is 58.1 cm³/mol. The molecule has 0 saturated carbocycles. The normalized spacial score (nSPS) is 24.8. The Kier molecular flexibility index (Phi) is 4.39. The highest BCUT2D eigenvalue weighted by Crippen LogP contribution is 2.17. The Balaban J connectivity index is 2.42. The van der Waals surface area contributed by atoms with Gasteiger partial charge in [-0.25, -0.2) is 0 Å². The number of rotatable bonds is 3. The lowest BCUT2D eigenvalue weighted by Gasteiger charge is -2.32. The molecule has 2 atom stereocenters. The van der Waals surface area contributed by atoms with Gasteiger partial charge in [-0.3, -0.25) is 4.79 Å². The van der Waals surface area contributed by atoms with Crippen LogP contribution in [0.2, 0.25) is 0 Å². The molecular formula is C11H22N2O. The van der Waals surface area contributed by atoms with Gasteiger partial charge in [0.05, 0.1) is 0 Å². The smallest absolute Gasteiger partial charge is 0.226 e. The first-order valence-corrected chi connectivity index (χ1v) is 5.58. The molecule has 0 aromatic carbocycles. The van der Waals surface area contributed by atoms with E-state index in [4.69, 9.17) is 0 Å². The molecule has 0 bridgehead atoms. The maximum atomic E-state index is 11.9. The molecule has 1 rings (SSSR count). The maximum Gasteiger partial charge on any atom is 0.226 e. The Morgan fingerprint density at radius 1 is 1.64 bits per heavy atom. The highest BCUT2D eigenvalue weighted by molar-refractivity contribution is 5.78. The number of nitrogens with one attached hydrogen (secondary N) is 1. The van der Waals surface area contributed by atoms with Crippen LogP contribution in [0, 0.1) is 11.8 Å². The van der Waals surface area contributed by atoms with Gasteiger partial charge in [-0.15, -0.1) is 0 Å². The van der Waals surface area contributed by atoms with Gasteiger partial charge in [-0.05, 0) is 25.8 Å². The number of amides is 1. The van der Waals surface area contributed by atoms with E-state index in [0.29, 0.717) is 11.8 Å². The number of carbonyl (C=O) groups is 1. The molecule has 1 amide bonds. The van der Waals surface area contributed by atoms with Crippen LogP contribution in [0.3, 0.4) is 0 Å². The molecule has 0 aliphatic carbocycles. The van der Waals surface area contributed by atoms with E-state index in [2.05, 4.69) is 12.2 Å². The van der Waals surface area contributed by atoms with Gasteiger partial charge in [0, 0.05) is 25.6 Å². The van der Waals surface area contributed by atoms with E-state index in [1.165, 1.54) is 12.8 Å². The van der Waals surface area contributed by atoms with Crippen molar-refractivity contribution in [3.8, 4) is 0 Å². The Labute approximate surface area is 86.9 Å². The molecule has 1 aliphatic heterocycles. The van der Waals surface area contributed by atoms with Crippen molar-refractivity contribution in [3.63, 3.8) is 0 Å². The molecule has 1 aliphatic rings. The Morgan fingerprint density at radius 2 is 2.36 bits per heavy atom. The largest absolute Gasteiger partial charge is 0.342 e. The lowest BCUT2D eigenvalue weighted by Crippen LogP contribution is -2.43. The first kappa shape index (κ1) is 11.5. The molecule has 1 N–H and O–H groups in total. The fourth-order valence-electron chi connectivity index (χ4n) is 2.09. The molecule has 1 heterocycles. The van der Waals surface area contributed by atoms with Gasteiger partial charge in [0.2, 0.25) is 5.91 Å². The second-order valence-corrected chi connectivity index (χ2v) is 4.49. The number of nitrogens with zero attached hydrogens (tertiary/aromatic N) is 1. The SMILES string of the molecule is CNCC(C)C(=O)N1CCCC(C)C1. The van der Waals surface area contributed by atoms with Crippen LogP contribution in [0.1, 0.15) is 26.7 Å². The van der Waals surface area contributed by atoms with Crippen molar-refractivity contribution >= 4 is 5.91 Å². The number of hydrogen-bond donors (Lipinski definition) is 1. The molecule has 14 heavy (non-hydrogen) atoms. The van der Waals surface area contributed by atoms with Gasteiger partial charge in [-0.1, -0.05) is 13.8 Å².